The summed E-state index contributed by atoms with van der Waals surface area (Å²) in [7, 11) is 0. The highest BCUT2D eigenvalue weighted by atomic mass is 15.0. The van der Waals surface area contributed by atoms with E-state index in [-0.39, 0.29) is 0 Å². The molecule has 1 heterocycles. The van der Waals surface area contributed by atoms with Gasteiger partial charge in [-0.2, -0.15) is 0 Å². The summed E-state index contributed by atoms with van der Waals surface area (Å²) in [6, 6.07) is 1.96. The molecule has 16 heavy (non-hydrogen) atoms. The minimum Gasteiger partial charge on any atom is -0.384 e. The second-order valence-electron chi connectivity index (χ2n) is 5.07. The zero-order valence-electron chi connectivity index (χ0n) is 10.2. The van der Waals surface area contributed by atoms with E-state index in [1.54, 1.807) is 0 Å². The molecule has 1 saturated carbocycles. The van der Waals surface area contributed by atoms with Gasteiger partial charge in [0.1, 0.15) is 11.6 Å². The summed E-state index contributed by atoms with van der Waals surface area (Å²) in [6.07, 6.45) is 6.53. The fraction of sp³-hybridized carbons (Fsp3) is 0.692. The van der Waals surface area contributed by atoms with Crippen molar-refractivity contribution >= 4 is 5.82 Å². The number of nitrogen functional groups attached to an aromatic ring is 1. The Morgan fingerprint density at radius 3 is 2.50 bits per heavy atom. The lowest BCUT2D eigenvalue weighted by atomic mass is 9.87. The molecule has 1 aromatic rings. The SMILES string of the molecule is CC(C)c1nc(N)cc(C2CCCCC2)n1. The molecule has 1 aliphatic carbocycles. The van der Waals surface area contributed by atoms with Gasteiger partial charge in [-0.1, -0.05) is 33.1 Å². The van der Waals surface area contributed by atoms with Crippen molar-refractivity contribution in [2.45, 2.75) is 57.8 Å². The van der Waals surface area contributed by atoms with Gasteiger partial charge in [0.25, 0.3) is 0 Å². The zero-order chi connectivity index (χ0) is 11.5. The summed E-state index contributed by atoms with van der Waals surface area (Å²) in [5.74, 6) is 2.47. The predicted octanol–water partition coefficient (Wildman–Crippen LogP) is 3.23. The lowest BCUT2D eigenvalue weighted by Crippen LogP contribution is -2.11. The van der Waals surface area contributed by atoms with Crippen LogP contribution in [-0.4, -0.2) is 9.97 Å². The molecule has 0 radical (unpaired) electrons. The van der Waals surface area contributed by atoms with Gasteiger partial charge in [0.2, 0.25) is 0 Å². The van der Waals surface area contributed by atoms with Crippen LogP contribution in [0.2, 0.25) is 0 Å². The minimum absolute atomic E-state index is 0.353. The molecule has 0 saturated heterocycles. The first-order valence-electron chi connectivity index (χ1n) is 6.31. The number of hydrogen-bond acceptors (Lipinski definition) is 3. The maximum absolute atomic E-state index is 5.85. The van der Waals surface area contributed by atoms with Crippen LogP contribution in [0.4, 0.5) is 5.82 Å². The van der Waals surface area contributed by atoms with Gasteiger partial charge in [-0.05, 0) is 12.8 Å². The largest absolute Gasteiger partial charge is 0.384 e. The molecule has 1 aliphatic rings. The molecule has 0 atom stereocenters. The summed E-state index contributed by atoms with van der Waals surface area (Å²) >= 11 is 0. The van der Waals surface area contributed by atoms with Crippen LogP contribution in [0.3, 0.4) is 0 Å². The van der Waals surface area contributed by atoms with Gasteiger partial charge in [-0.25, -0.2) is 9.97 Å². The number of hydrogen-bond donors (Lipinski definition) is 1. The average molecular weight is 219 g/mol. The fourth-order valence-electron chi connectivity index (χ4n) is 2.37. The van der Waals surface area contributed by atoms with Crippen LogP contribution in [-0.2, 0) is 0 Å². The summed E-state index contributed by atoms with van der Waals surface area (Å²) in [4.78, 5) is 8.96. The van der Waals surface area contributed by atoms with E-state index in [9.17, 15) is 0 Å². The Balaban J connectivity index is 2.25. The van der Waals surface area contributed by atoms with E-state index in [4.69, 9.17) is 5.73 Å². The average Bonchev–Trinajstić information content (AvgIpc) is 2.29. The van der Waals surface area contributed by atoms with Gasteiger partial charge in [0, 0.05) is 23.6 Å². The standard InChI is InChI=1S/C13H21N3/c1-9(2)13-15-11(8-12(14)16-13)10-6-4-3-5-7-10/h8-10H,3-7H2,1-2H3,(H2,14,15,16). The van der Waals surface area contributed by atoms with Crippen LogP contribution in [0, 0.1) is 0 Å². The second kappa shape index (κ2) is 4.81. The van der Waals surface area contributed by atoms with E-state index in [1.165, 1.54) is 32.1 Å². The van der Waals surface area contributed by atoms with Gasteiger partial charge >= 0.3 is 0 Å². The number of nitrogens with two attached hydrogens (primary N) is 1. The normalized spacial score (nSPS) is 17.9. The highest BCUT2D eigenvalue weighted by Gasteiger charge is 2.18. The number of rotatable bonds is 2. The van der Waals surface area contributed by atoms with E-state index in [0.29, 0.717) is 17.7 Å². The lowest BCUT2D eigenvalue weighted by molar-refractivity contribution is 0.435. The first kappa shape index (κ1) is 11.4. The zero-order valence-corrected chi connectivity index (χ0v) is 10.2. The van der Waals surface area contributed by atoms with Crippen LogP contribution in [0.15, 0.2) is 6.07 Å². The highest BCUT2D eigenvalue weighted by molar-refractivity contribution is 5.32. The lowest BCUT2D eigenvalue weighted by Gasteiger charge is -2.21. The molecule has 88 valence electrons. The van der Waals surface area contributed by atoms with Gasteiger partial charge in [-0.15, -0.1) is 0 Å². The first-order valence-corrected chi connectivity index (χ1v) is 6.31. The Bertz CT molecular complexity index is 354. The summed E-state index contributed by atoms with van der Waals surface area (Å²) < 4.78 is 0. The first-order chi connectivity index (χ1) is 7.66. The van der Waals surface area contributed by atoms with E-state index in [2.05, 4.69) is 23.8 Å². The molecule has 0 spiro atoms. The minimum atomic E-state index is 0.353. The molecule has 0 aromatic carbocycles. The highest BCUT2D eigenvalue weighted by Crippen LogP contribution is 2.32. The second-order valence-corrected chi connectivity index (χ2v) is 5.07. The van der Waals surface area contributed by atoms with Gasteiger partial charge < -0.3 is 5.73 Å². The molecule has 2 rings (SSSR count). The predicted molar refractivity (Wildman–Crippen MR) is 66.4 cm³/mol. The molecule has 0 amide bonds. The van der Waals surface area contributed by atoms with E-state index in [0.717, 1.165) is 11.5 Å². The topological polar surface area (TPSA) is 51.8 Å². The third-order valence-electron chi connectivity index (χ3n) is 3.32. The van der Waals surface area contributed by atoms with E-state index in [1.807, 2.05) is 6.07 Å². The van der Waals surface area contributed by atoms with Gasteiger partial charge in [0.15, 0.2) is 0 Å². The van der Waals surface area contributed by atoms with Crippen molar-refractivity contribution in [1.29, 1.82) is 0 Å². The molecule has 1 aromatic heterocycles. The van der Waals surface area contributed by atoms with Crippen LogP contribution < -0.4 is 5.73 Å². The molecule has 2 N–H and O–H groups in total. The summed E-state index contributed by atoms with van der Waals surface area (Å²) in [5.41, 5.74) is 7.02. The quantitative estimate of drug-likeness (QED) is 0.830. The van der Waals surface area contributed by atoms with Crippen LogP contribution in [0.5, 0.6) is 0 Å². The van der Waals surface area contributed by atoms with Gasteiger partial charge in [0.05, 0.1) is 0 Å². The van der Waals surface area contributed by atoms with Crippen molar-refractivity contribution < 1.29 is 0 Å². The maximum Gasteiger partial charge on any atom is 0.133 e. The molecular weight excluding hydrogens is 198 g/mol. The Kier molecular flexibility index (Phi) is 3.42. The molecule has 0 aliphatic heterocycles. The Hall–Kier alpha value is -1.12. The van der Waals surface area contributed by atoms with Crippen molar-refractivity contribution in [2.24, 2.45) is 0 Å². The van der Waals surface area contributed by atoms with Crippen LogP contribution in [0.1, 0.15) is 69.3 Å². The monoisotopic (exact) mass is 219 g/mol. The van der Waals surface area contributed by atoms with Crippen molar-refractivity contribution in [3.8, 4) is 0 Å². The molecular formula is C13H21N3. The van der Waals surface area contributed by atoms with E-state index < -0.39 is 0 Å². The number of nitrogens with zero attached hydrogens (tertiary/aromatic N) is 2. The Morgan fingerprint density at radius 2 is 1.88 bits per heavy atom. The molecule has 3 heteroatoms. The van der Waals surface area contributed by atoms with Gasteiger partial charge in [-0.3, -0.25) is 0 Å². The molecule has 0 bridgehead atoms. The Labute approximate surface area is 97.5 Å². The van der Waals surface area contributed by atoms with Crippen LogP contribution >= 0.6 is 0 Å². The van der Waals surface area contributed by atoms with Crippen molar-refractivity contribution in [2.75, 3.05) is 5.73 Å². The van der Waals surface area contributed by atoms with Crippen LogP contribution in [0.25, 0.3) is 0 Å². The Morgan fingerprint density at radius 1 is 1.19 bits per heavy atom. The summed E-state index contributed by atoms with van der Waals surface area (Å²) in [6.45, 7) is 4.22. The van der Waals surface area contributed by atoms with Crippen molar-refractivity contribution in [3.63, 3.8) is 0 Å². The smallest absolute Gasteiger partial charge is 0.133 e. The van der Waals surface area contributed by atoms with E-state index >= 15 is 0 Å². The molecule has 1 fully saturated rings. The fourth-order valence-corrected chi connectivity index (χ4v) is 2.37. The third kappa shape index (κ3) is 2.52. The molecule has 0 unspecified atom stereocenters. The van der Waals surface area contributed by atoms with Crippen molar-refractivity contribution in [3.05, 3.63) is 17.6 Å². The third-order valence-corrected chi connectivity index (χ3v) is 3.32. The number of anilines is 1. The summed E-state index contributed by atoms with van der Waals surface area (Å²) in [5, 5.41) is 0. The maximum atomic E-state index is 5.85. The van der Waals surface area contributed by atoms with Crippen molar-refractivity contribution in [1.82, 2.24) is 9.97 Å². The number of aromatic nitrogens is 2. The molecule has 3 nitrogen and oxygen atoms in total.